The van der Waals surface area contributed by atoms with E-state index in [9.17, 15) is 8.42 Å². The number of thioether (sulfide) groups is 1. The second-order valence-electron chi connectivity index (χ2n) is 5.14. The molecule has 0 spiro atoms. The number of sulfone groups is 1. The van der Waals surface area contributed by atoms with Crippen LogP contribution < -0.4 is 5.32 Å². The third-order valence-electron chi connectivity index (χ3n) is 3.52. The first kappa shape index (κ1) is 14.9. The summed E-state index contributed by atoms with van der Waals surface area (Å²) in [5.41, 5.74) is 1.42. The Hall–Kier alpha value is -0.520. The van der Waals surface area contributed by atoms with Gasteiger partial charge in [-0.1, -0.05) is 18.2 Å². The van der Waals surface area contributed by atoms with Gasteiger partial charge in [0, 0.05) is 28.2 Å². The molecule has 0 amide bonds. The predicted octanol–water partition coefficient (Wildman–Crippen LogP) is 2.12. The van der Waals surface area contributed by atoms with Gasteiger partial charge in [0.25, 0.3) is 0 Å². The van der Waals surface area contributed by atoms with Crippen LogP contribution in [0, 0.1) is 0 Å². The third kappa shape index (κ3) is 4.23. The van der Waals surface area contributed by atoms with Crippen molar-refractivity contribution in [3.05, 3.63) is 29.8 Å². The number of hydrogen-bond donors (Lipinski definition) is 1. The highest BCUT2D eigenvalue weighted by molar-refractivity contribution is 8.00. The largest absolute Gasteiger partial charge is 0.316 e. The second-order valence-corrected chi connectivity index (χ2v) is 8.68. The summed E-state index contributed by atoms with van der Waals surface area (Å²) in [6.07, 6.45) is 4.03. The summed E-state index contributed by atoms with van der Waals surface area (Å²) in [5, 5.41) is 3.87. The van der Waals surface area contributed by atoms with E-state index in [2.05, 4.69) is 29.6 Å². The first-order valence-corrected chi connectivity index (χ1v) is 9.53. The summed E-state index contributed by atoms with van der Waals surface area (Å²) >= 11 is 1.91. The molecule has 1 N–H and O–H groups in total. The Bertz CT molecular complexity index is 503. The van der Waals surface area contributed by atoms with E-state index in [1.807, 2.05) is 18.8 Å². The Morgan fingerprint density at radius 2 is 2.16 bits per heavy atom. The van der Waals surface area contributed by atoms with Gasteiger partial charge in [-0.05, 0) is 37.9 Å². The fourth-order valence-corrected chi connectivity index (χ4v) is 4.69. The zero-order valence-corrected chi connectivity index (χ0v) is 13.1. The maximum atomic E-state index is 11.2. The van der Waals surface area contributed by atoms with E-state index in [-0.39, 0.29) is 5.75 Å². The molecule has 1 heterocycles. The van der Waals surface area contributed by atoms with Crippen LogP contribution in [0.1, 0.15) is 18.4 Å². The molecule has 106 valence electrons. The van der Waals surface area contributed by atoms with Crippen LogP contribution in [0.3, 0.4) is 0 Å². The number of hydrogen-bond acceptors (Lipinski definition) is 4. The van der Waals surface area contributed by atoms with Crippen molar-refractivity contribution in [3.63, 3.8) is 0 Å². The Kier molecular flexibility index (Phi) is 4.92. The van der Waals surface area contributed by atoms with Gasteiger partial charge in [-0.25, -0.2) is 8.42 Å². The lowest BCUT2D eigenvalue weighted by Gasteiger charge is -2.22. The highest BCUT2D eigenvalue weighted by Gasteiger charge is 2.28. The van der Waals surface area contributed by atoms with E-state index in [4.69, 9.17) is 0 Å². The monoisotopic (exact) mass is 299 g/mol. The summed E-state index contributed by atoms with van der Waals surface area (Å²) in [6.45, 7) is 0. The summed E-state index contributed by atoms with van der Waals surface area (Å²) in [4.78, 5) is 1.37. The third-order valence-corrected chi connectivity index (χ3v) is 6.00. The summed E-state index contributed by atoms with van der Waals surface area (Å²) in [7, 11) is -0.873. The zero-order chi connectivity index (χ0) is 13.9. The topological polar surface area (TPSA) is 46.2 Å². The number of nitrogens with one attached hydrogen (secondary N) is 1. The Morgan fingerprint density at radius 3 is 2.79 bits per heavy atom. The summed E-state index contributed by atoms with van der Waals surface area (Å²) in [6, 6.07) is 8.89. The van der Waals surface area contributed by atoms with Crippen LogP contribution in [0.25, 0.3) is 0 Å². The fraction of sp³-hybridized carbons (Fsp3) is 0.571. The average Bonchev–Trinajstić information content (AvgIpc) is 2.76. The lowest BCUT2D eigenvalue weighted by Crippen LogP contribution is -2.35. The number of fused-ring (bicyclic) bond motifs is 1. The van der Waals surface area contributed by atoms with Crippen molar-refractivity contribution in [1.29, 1.82) is 0 Å². The minimum Gasteiger partial charge on any atom is -0.316 e. The molecular formula is C14H21NO2S2. The molecule has 0 saturated carbocycles. The van der Waals surface area contributed by atoms with Gasteiger partial charge >= 0.3 is 0 Å². The van der Waals surface area contributed by atoms with Crippen LogP contribution in [-0.4, -0.2) is 38.8 Å². The molecule has 19 heavy (non-hydrogen) atoms. The first-order chi connectivity index (χ1) is 8.99. The van der Waals surface area contributed by atoms with Crippen LogP contribution in [0.2, 0.25) is 0 Å². The zero-order valence-electron chi connectivity index (χ0n) is 11.4. The van der Waals surface area contributed by atoms with Crippen molar-refractivity contribution < 1.29 is 8.42 Å². The van der Waals surface area contributed by atoms with Crippen LogP contribution >= 0.6 is 11.8 Å². The van der Waals surface area contributed by atoms with Gasteiger partial charge in [0.05, 0.1) is 0 Å². The van der Waals surface area contributed by atoms with Gasteiger partial charge in [-0.2, -0.15) is 0 Å². The van der Waals surface area contributed by atoms with Crippen molar-refractivity contribution in [2.24, 2.45) is 0 Å². The molecule has 3 nitrogen and oxygen atoms in total. The molecule has 1 aromatic rings. The lowest BCUT2D eigenvalue weighted by atomic mass is 10.0. The van der Waals surface area contributed by atoms with Crippen LogP contribution in [-0.2, 0) is 16.3 Å². The molecule has 1 aromatic carbocycles. The molecule has 0 radical (unpaired) electrons. The summed E-state index contributed by atoms with van der Waals surface area (Å²) < 4.78 is 22.4. The Labute approximate surface area is 120 Å². The quantitative estimate of drug-likeness (QED) is 0.874. The first-order valence-electron chi connectivity index (χ1n) is 6.59. The molecule has 0 aromatic heterocycles. The highest BCUT2D eigenvalue weighted by atomic mass is 32.2. The normalized spacial score (nSPS) is 20.2. The molecule has 2 unspecified atom stereocenters. The smallest absolute Gasteiger partial charge is 0.147 e. The molecule has 5 heteroatoms. The van der Waals surface area contributed by atoms with Gasteiger partial charge < -0.3 is 5.32 Å². The average molecular weight is 299 g/mol. The van der Waals surface area contributed by atoms with E-state index in [1.165, 1.54) is 16.7 Å². The molecule has 0 aliphatic carbocycles. The molecule has 0 saturated heterocycles. The van der Waals surface area contributed by atoms with Crippen LogP contribution in [0.4, 0.5) is 0 Å². The molecule has 2 rings (SSSR count). The molecule has 0 fully saturated rings. The predicted molar refractivity (Wildman–Crippen MR) is 81.6 cm³/mol. The van der Waals surface area contributed by atoms with Gasteiger partial charge in [0.2, 0.25) is 0 Å². The van der Waals surface area contributed by atoms with Crippen molar-refractivity contribution in [1.82, 2.24) is 5.32 Å². The molecule has 1 aliphatic rings. The molecular weight excluding hydrogens is 278 g/mol. The second kappa shape index (κ2) is 6.29. The van der Waals surface area contributed by atoms with Gasteiger partial charge in [-0.15, -0.1) is 11.8 Å². The van der Waals surface area contributed by atoms with Crippen LogP contribution in [0.15, 0.2) is 29.2 Å². The SMILES string of the molecule is CNC(CCCS(C)(=O)=O)C1Cc2ccccc2S1. The Morgan fingerprint density at radius 1 is 1.42 bits per heavy atom. The molecule has 1 aliphatic heterocycles. The minimum absolute atomic E-state index is 0.287. The van der Waals surface area contributed by atoms with Gasteiger partial charge in [0.1, 0.15) is 9.84 Å². The fourth-order valence-electron chi connectivity index (χ4n) is 2.51. The standard InChI is InChI=1S/C14H21NO2S2/c1-15-12(7-5-9-19(2,16)17)14-10-11-6-3-4-8-13(11)18-14/h3-4,6,8,12,14-15H,5,7,9-10H2,1-2H3. The van der Waals surface area contributed by atoms with Crippen molar-refractivity contribution in [2.75, 3.05) is 19.1 Å². The minimum atomic E-state index is -2.84. The van der Waals surface area contributed by atoms with Crippen molar-refractivity contribution in [3.8, 4) is 0 Å². The van der Waals surface area contributed by atoms with E-state index >= 15 is 0 Å². The maximum absolute atomic E-state index is 11.2. The number of rotatable bonds is 6. The van der Waals surface area contributed by atoms with E-state index in [0.29, 0.717) is 11.3 Å². The maximum Gasteiger partial charge on any atom is 0.147 e. The Balaban J connectivity index is 1.90. The van der Waals surface area contributed by atoms with Crippen LogP contribution in [0.5, 0.6) is 0 Å². The van der Waals surface area contributed by atoms with Gasteiger partial charge in [-0.3, -0.25) is 0 Å². The van der Waals surface area contributed by atoms with Gasteiger partial charge in [0.15, 0.2) is 0 Å². The van der Waals surface area contributed by atoms with E-state index < -0.39 is 9.84 Å². The van der Waals surface area contributed by atoms with Crippen molar-refractivity contribution in [2.45, 2.75) is 35.4 Å². The van der Waals surface area contributed by atoms with Crippen molar-refractivity contribution >= 4 is 21.6 Å². The lowest BCUT2D eigenvalue weighted by molar-refractivity contribution is 0.497. The molecule has 0 bridgehead atoms. The highest BCUT2D eigenvalue weighted by Crippen LogP contribution is 2.39. The van der Waals surface area contributed by atoms with E-state index in [0.717, 1.165) is 19.3 Å². The van der Waals surface area contributed by atoms with E-state index in [1.54, 1.807) is 0 Å². The number of benzene rings is 1. The summed E-state index contributed by atoms with van der Waals surface area (Å²) in [5.74, 6) is 0.287. The molecule has 2 atom stereocenters.